The number of hydrogen-bond donors (Lipinski definition) is 7. The van der Waals surface area contributed by atoms with Gasteiger partial charge in [0.05, 0.1) is 13.1 Å². The summed E-state index contributed by atoms with van der Waals surface area (Å²) in [6, 6.07) is 2.69. The molecular formula is C27H41N5O9. The monoisotopic (exact) mass is 579 g/mol. The van der Waals surface area contributed by atoms with Crippen molar-refractivity contribution < 1.29 is 43.7 Å². The van der Waals surface area contributed by atoms with Crippen molar-refractivity contribution in [3.8, 4) is 5.75 Å². The Morgan fingerprint density at radius 1 is 0.805 bits per heavy atom. The highest BCUT2D eigenvalue weighted by atomic mass is 16.6. The van der Waals surface area contributed by atoms with Gasteiger partial charge in [0.25, 0.3) is 0 Å². The summed E-state index contributed by atoms with van der Waals surface area (Å²) in [4.78, 5) is 73.1. The summed E-state index contributed by atoms with van der Waals surface area (Å²) >= 11 is 0. The maximum atomic E-state index is 13.0. The lowest BCUT2D eigenvalue weighted by Gasteiger charge is -2.24. The van der Waals surface area contributed by atoms with Gasteiger partial charge in [-0.25, -0.2) is 9.59 Å². The lowest BCUT2D eigenvalue weighted by molar-refractivity contribution is -0.142. The van der Waals surface area contributed by atoms with E-state index in [0.29, 0.717) is 5.56 Å². The first-order valence-electron chi connectivity index (χ1n) is 13.1. The van der Waals surface area contributed by atoms with Crippen LogP contribution in [0.15, 0.2) is 24.3 Å². The standard InChI is InChI=1S/C27H41N5O9/c1-15(2)11-20(25(38)39)31-22(35)14-28-21(34)13-29-23(36)16(3)30-24(37)19(32-26(40)41-27(4,5)6)12-17-7-9-18(33)10-8-17/h7-10,15-16,19-20,33H,11-14H2,1-6H3,(H,28,34)(H,29,36)(H,30,37)(H,31,35)(H,32,40)(H,38,39)/t16-,19-,20-/m0/s1. The van der Waals surface area contributed by atoms with Crippen LogP contribution < -0.4 is 26.6 Å². The Morgan fingerprint density at radius 2 is 1.39 bits per heavy atom. The third kappa shape index (κ3) is 14.6. The van der Waals surface area contributed by atoms with E-state index in [0.717, 1.165) is 0 Å². The van der Waals surface area contributed by atoms with Crippen LogP contribution in [0.4, 0.5) is 4.79 Å². The second kappa shape index (κ2) is 16.0. The molecule has 0 spiro atoms. The van der Waals surface area contributed by atoms with E-state index in [1.807, 2.05) is 13.8 Å². The van der Waals surface area contributed by atoms with Gasteiger partial charge in [0, 0.05) is 6.42 Å². The highest BCUT2D eigenvalue weighted by Gasteiger charge is 2.27. The van der Waals surface area contributed by atoms with E-state index < -0.39 is 72.5 Å². The average molecular weight is 580 g/mol. The van der Waals surface area contributed by atoms with Gasteiger partial charge in [-0.1, -0.05) is 26.0 Å². The minimum absolute atomic E-state index is 0.0277. The smallest absolute Gasteiger partial charge is 0.408 e. The van der Waals surface area contributed by atoms with Gasteiger partial charge in [-0.3, -0.25) is 19.2 Å². The number of carbonyl (C=O) groups is 6. The highest BCUT2D eigenvalue weighted by Crippen LogP contribution is 2.13. The molecule has 5 amide bonds. The van der Waals surface area contributed by atoms with Gasteiger partial charge in [-0.05, 0) is 57.7 Å². The molecule has 0 fully saturated rings. The summed E-state index contributed by atoms with van der Waals surface area (Å²) in [7, 11) is 0. The molecule has 1 aromatic rings. The van der Waals surface area contributed by atoms with Crippen molar-refractivity contribution >= 4 is 35.7 Å². The highest BCUT2D eigenvalue weighted by molar-refractivity contribution is 5.93. The number of amides is 5. The molecule has 0 unspecified atom stereocenters. The van der Waals surface area contributed by atoms with E-state index in [4.69, 9.17) is 4.74 Å². The molecule has 0 aromatic heterocycles. The van der Waals surface area contributed by atoms with E-state index in [9.17, 15) is 39.0 Å². The number of carboxylic acids is 1. The van der Waals surface area contributed by atoms with Gasteiger partial charge in [-0.15, -0.1) is 0 Å². The van der Waals surface area contributed by atoms with Crippen LogP contribution in [0.2, 0.25) is 0 Å². The van der Waals surface area contributed by atoms with Gasteiger partial charge in [-0.2, -0.15) is 0 Å². The maximum Gasteiger partial charge on any atom is 0.408 e. The second-order valence-electron chi connectivity index (χ2n) is 10.9. The van der Waals surface area contributed by atoms with Crippen LogP contribution in [0.3, 0.4) is 0 Å². The molecule has 0 aliphatic carbocycles. The Balaban J connectivity index is 2.66. The van der Waals surface area contributed by atoms with E-state index in [1.165, 1.54) is 19.1 Å². The summed E-state index contributed by atoms with van der Waals surface area (Å²) in [6.07, 6.45) is -0.588. The molecule has 0 saturated carbocycles. The molecule has 14 heteroatoms. The van der Waals surface area contributed by atoms with Crippen LogP contribution in [-0.4, -0.2) is 82.7 Å². The van der Waals surface area contributed by atoms with E-state index in [2.05, 4.69) is 26.6 Å². The van der Waals surface area contributed by atoms with E-state index >= 15 is 0 Å². The first kappa shape index (κ1) is 34.7. The summed E-state index contributed by atoms with van der Waals surface area (Å²) < 4.78 is 5.23. The van der Waals surface area contributed by atoms with Crippen molar-refractivity contribution in [1.82, 2.24) is 26.6 Å². The number of benzene rings is 1. The first-order valence-corrected chi connectivity index (χ1v) is 13.1. The molecule has 1 rings (SSSR count). The number of alkyl carbamates (subject to hydrolysis) is 1. The van der Waals surface area contributed by atoms with Crippen LogP contribution in [-0.2, 0) is 35.1 Å². The van der Waals surface area contributed by atoms with Gasteiger partial charge >= 0.3 is 12.1 Å². The molecule has 0 radical (unpaired) electrons. The molecule has 41 heavy (non-hydrogen) atoms. The zero-order valence-corrected chi connectivity index (χ0v) is 24.2. The molecule has 3 atom stereocenters. The molecule has 0 aliphatic rings. The number of rotatable bonds is 14. The number of nitrogens with one attached hydrogen (secondary N) is 5. The molecule has 0 aliphatic heterocycles. The molecular weight excluding hydrogens is 538 g/mol. The molecule has 1 aromatic carbocycles. The van der Waals surface area contributed by atoms with Crippen molar-refractivity contribution in [3.05, 3.63) is 29.8 Å². The van der Waals surface area contributed by atoms with Crippen molar-refractivity contribution in [2.75, 3.05) is 13.1 Å². The van der Waals surface area contributed by atoms with Crippen molar-refractivity contribution in [2.24, 2.45) is 5.92 Å². The Morgan fingerprint density at radius 3 is 1.93 bits per heavy atom. The molecule has 14 nitrogen and oxygen atoms in total. The van der Waals surface area contributed by atoms with Gasteiger partial charge in [0.15, 0.2) is 0 Å². The summed E-state index contributed by atoms with van der Waals surface area (Å²) in [6.45, 7) is 8.99. The number of carbonyl (C=O) groups excluding carboxylic acids is 5. The fraction of sp³-hybridized carbons (Fsp3) is 0.556. The number of ether oxygens (including phenoxy) is 1. The fourth-order valence-corrected chi connectivity index (χ4v) is 3.41. The first-order chi connectivity index (χ1) is 19.0. The Kier molecular flexibility index (Phi) is 13.6. The van der Waals surface area contributed by atoms with E-state index in [1.54, 1.807) is 32.9 Å². The van der Waals surface area contributed by atoms with Gasteiger partial charge < -0.3 is 41.5 Å². The minimum Gasteiger partial charge on any atom is -0.508 e. The van der Waals surface area contributed by atoms with Gasteiger partial charge in [0.1, 0.15) is 29.5 Å². The zero-order valence-electron chi connectivity index (χ0n) is 24.2. The van der Waals surface area contributed by atoms with Crippen molar-refractivity contribution in [1.29, 1.82) is 0 Å². The maximum absolute atomic E-state index is 13.0. The summed E-state index contributed by atoms with van der Waals surface area (Å²) in [5.41, 5.74) is -0.194. The fourth-order valence-electron chi connectivity index (χ4n) is 3.41. The van der Waals surface area contributed by atoms with Crippen LogP contribution in [0.1, 0.15) is 53.5 Å². The number of phenolic OH excluding ortho intramolecular Hbond substituents is 1. The number of aromatic hydroxyl groups is 1. The SMILES string of the molecule is CC(C)C[C@H](NC(=O)CNC(=O)CNC(=O)[C@H](C)NC(=O)[C@H](Cc1ccc(O)cc1)NC(=O)OC(C)(C)C)C(=O)O. The topological polar surface area (TPSA) is 212 Å². The third-order valence-electron chi connectivity index (χ3n) is 5.35. The Hall–Kier alpha value is -4.36. The van der Waals surface area contributed by atoms with E-state index in [-0.39, 0.29) is 24.5 Å². The predicted octanol–water partition coefficient (Wildman–Crippen LogP) is 0.181. The molecule has 0 bridgehead atoms. The Labute approximate surface area is 239 Å². The molecule has 228 valence electrons. The predicted molar refractivity (Wildman–Crippen MR) is 148 cm³/mol. The van der Waals surface area contributed by atoms with Crippen molar-refractivity contribution in [2.45, 2.75) is 78.1 Å². The molecule has 7 N–H and O–H groups in total. The summed E-state index contributed by atoms with van der Waals surface area (Å²) in [5.74, 6) is -3.94. The van der Waals surface area contributed by atoms with Crippen molar-refractivity contribution in [3.63, 3.8) is 0 Å². The number of phenols is 1. The van der Waals surface area contributed by atoms with Crippen LogP contribution in [0.25, 0.3) is 0 Å². The number of hydrogen-bond acceptors (Lipinski definition) is 8. The molecule has 0 heterocycles. The van der Waals surface area contributed by atoms with Crippen LogP contribution in [0, 0.1) is 5.92 Å². The quantitative estimate of drug-likeness (QED) is 0.160. The van der Waals surface area contributed by atoms with Gasteiger partial charge in [0.2, 0.25) is 23.6 Å². The lowest BCUT2D eigenvalue weighted by Crippen LogP contribution is -2.54. The zero-order chi connectivity index (χ0) is 31.3. The number of aliphatic carboxylic acids is 1. The summed E-state index contributed by atoms with van der Waals surface area (Å²) in [5, 5.41) is 30.6. The number of carboxylic acid groups (broad SMARTS) is 1. The largest absolute Gasteiger partial charge is 0.508 e. The van der Waals surface area contributed by atoms with Crippen LogP contribution >= 0.6 is 0 Å². The average Bonchev–Trinajstić information content (AvgIpc) is 2.84. The lowest BCUT2D eigenvalue weighted by atomic mass is 10.0. The molecule has 0 saturated heterocycles. The second-order valence-corrected chi connectivity index (χ2v) is 10.9. The Bertz CT molecular complexity index is 1080. The third-order valence-corrected chi connectivity index (χ3v) is 5.35. The van der Waals surface area contributed by atoms with Crippen LogP contribution in [0.5, 0.6) is 5.75 Å². The minimum atomic E-state index is -1.19. The normalized spacial score (nSPS) is 13.2.